The molecule has 1 fully saturated rings. The summed E-state index contributed by atoms with van der Waals surface area (Å²) in [6.45, 7) is 1.19. The molecule has 1 amide bonds. The van der Waals surface area contributed by atoms with Gasteiger partial charge in [0.15, 0.2) is 5.13 Å². The van der Waals surface area contributed by atoms with Gasteiger partial charge in [-0.15, -0.1) is 0 Å². The molecule has 1 aromatic heterocycles. The Kier molecular flexibility index (Phi) is 5.45. The Morgan fingerprint density at radius 1 is 1.18 bits per heavy atom. The van der Waals surface area contributed by atoms with Crippen LogP contribution in [0.5, 0.6) is 11.5 Å². The van der Waals surface area contributed by atoms with Gasteiger partial charge in [0.25, 0.3) is 5.91 Å². The lowest BCUT2D eigenvalue weighted by Gasteiger charge is -2.23. The molecular formula is C21H22N2O4S. The number of carbonyl (C=O) groups excluding carboxylic acids is 1. The van der Waals surface area contributed by atoms with Crippen molar-refractivity contribution in [1.29, 1.82) is 0 Å². The van der Waals surface area contributed by atoms with Crippen molar-refractivity contribution in [2.45, 2.75) is 18.9 Å². The van der Waals surface area contributed by atoms with Gasteiger partial charge in [-0.05, 0) is 37.1 Å². The lowest BCUT2D eigenvalue weighted by atomic mass is 10.1. The smallest absolute Gasteiger partial charge is 0.263 e. The van der Waals surface area contributed by atoms with Crippen molar-refractivity contribution < 1.29 is 19.0 Å². The van der Waals surface area contributed by atoms with E-state index in [4.69, 9.17) is 19.2 Å². The minimum atomic E-state index is -0.147. The highest BCUT2D eigenvalue weighted by molar-refractivity contribution is 7.22. The van der Waals surface area contributed by atoms with Gasteiger partial charge in [0, 0.05) is 6.61 Å². The van der Waals surface area contributed by atoms with Gasteiger partial charge in [0.05, 0.1) is 37.1 Å². The molecule has 6 nitrogen and oxygen atoms in total. The van der Waals surface area contributed by atoms with Crippen molar-refractivity contribution in [3.63, 3.8) is 0 Å². The van der Waals surface area contributed by atoms with Crippen molar-refractivity contribution in [2.24, 2.45) is 0 Å². The minimum Gasteiger partial charge on any atom is -0.496 e. The van der Waals surface area contributed by atoms with Crippen molar-refractivity contribution in [2.75, 3.05) is 32.3 Å². The third-order valence-electron chi connectivity index (χ3n) is 4.81. The maximum atomic E-state index is 13.5. The van der Waals surface area contributed by atoms with E-state index in [0.717, 1.165) is 29.7 Å². The summed E-state index contributed by atoms with van der Waals surface area (Å²) in [6.07, 6.45) is 1.95. The lowest BCUT2D eigenvalue weighted by Crippen LogP contribution is -2.37. The number of carbonyl (C=O) groups is 1. The van der Waals surface area contributed by atoms with Crippen LogP contribution >= 0.6 is 11.3 Å². The predicted molar refractivity (Wildman–Crippen MR) is 110 cm³/mol. The number of fused-ring (bicyclic) bond motifs is 1. The number of benzene rings is 2. The van der Waals surface area contributed by atoms with Gasteiger partial charge in [-0.2, -0.15) is 0 Å². The molecule has 1 aliphatic heterocycles. The van der Waals surface area contributed by atoms with E-state index in [1.54, 1.807) is 31.3 Å². The fourth-order valence-electron chi connectivity index (χ4n) is 3.40. The SMILES string of the molecule is COc1ccccc1C(=O)N(CC1CCCO1)c1nc2c(OC)cccc2s1. The number of hydrogen-bond acceptors (Lipinski definition) is 6. The van der Waals surface area contributed by atoms with E-state index in [0.29, 0.717) is 28.7 Å². The zero-order valence-electron chi connectivity index (χ0n) is 15.9. The molecule has 2 aromatic carbocycles. The second-order valence-electron chi connectivity index (χ2n) is 6.55. The normalized spacial score (nSPS) is 16.3. The van der Waals surface area contributed by atoms with Crippen molar-refractivity contribution in [1.82, 2.24) is 4.98 Å². The Balaban J connectivity index is 1.76. The Morgan fingerprint density at radius 3 is 2.71 bits per heavy atom. The molecule has 3 aromatic rings. The summed E-state index contributed by atoms with van der Waals surface area (Å²) in [5, 5.41) is 0.630. The first-order valence-corrected chi connectivity index (χ1v) is 10.0. The van der Waals surface area contributed by atoms with Gasteiger partial charge in [-0.1, -0.05) is 29.5 Å². The zero-order valence-corrected chi connectivity index (χ0v) is 16.7. The van der Waals surface area contributed by atoms with Crippen LogP contribution in [0, 0.1) is 0 Å². The number of hydrogen-bond donors (Lipinski definition) is 0. The lowest BCUT2D eigenvalue weighted by molar-refractivity contribution is 0.0915. The molecule has 28 heavy (non-hydrogen) atoms. The fraction of sp³-hybridized carbons (Fsp3) is 0.333. The number of rotatable bonds is 6. The molecule has 1 unspecified atom stereocenters. The Labute approximate surface area is 167 Å². The number of ether oxygens (including phenoxy) is 3. The van der Waals surface area contributed by atoms with Gasteiger partial charge in [-0.3, -0.25) is 9.69 Å². The summed E-state index contributed by atoms with van der Waals surface area (Å²) in [5.41, 5.74) is 1.27. The highest BCUT2D eigenvalue weighted by atomic mass is 32.1. The molecule has 1 atom stereocenters. The summed E-state index contributed by atoms with van der Waals surface area (Å²) in [6, 6.07) is 13.0. The number of nitrogens with zero attached hydrogens (tertiary/aromatic N) is 2. The molecule has 1 saturated heterocycles. The van der Waals surface area contributed by atoms with Crippen molar-refractivity contribution in [3.8, 4) is 11.5 Å². The van der Waals surface area contributed by atoms with Gasteiger partial charge < -0.3 is 14.2 Å². The summed E-state index contributed by atoms with van der Waals surface area (Å²) in [5.74, 6) is 1.09. The molecule has 2 heterocycles. The maximum absolute atomic E-state index is 13.5. The maximum Gasteiger partial charge on any atom is 0.263 e. The third-order valence-corrected chi connectivity index (χ3v) is 5.86. The molecule has 4 rings (SSSR count). The second kappa shape index (κ2) is 8.16. The molecule has 0 radical (unpaired) electrons. The van der Waals surface area contributed by atoms with Crippen LogP contribution in [0.2, 0.25) is 0 Å². The molecule has 0 bridgehead atoms. The van der Waals surface area contributed by atoms with E-state index < -0.39 is 0 Å². The van der Waals surface area contributed by atoms with Crippen LogP contribution in [0.25, 0.3) is 10.2 Å². The van der Waals surface area contributed by atoms with Crippen molar-refractivity contribution in [3.05, 3.63) is 48.0 Å². The first-order valence-electron chi connectivity index (χ1n) is 9.21. The first-order chi connectivity index (χ1) is 13.7. The molecule has 0 aliphatic carbocycles. The number of thiazole rings is 1. The van der Waals surface area contributed by atoms with E-state index >= 15 is 0 Å². The number of anilines is 1. The topological polar surface area (TPSA) is 60.9 Å². The van der Waals surface area contributed by atoms with Crippen LogP contribution in [-0.4, -0.2) is 44.4 Å². The van der Waals surface area contributed by atoms with Crippen LogP contribution in [0.1, 0.15) is 23.2 Å². The largest absolute Gasteiger partial charge is 0.496 e. The number of methoxy groups -OCH3 is 2. The van der Waals surface area contributed by atoms with Gasteiger partial charge in [0.1, 0.15) is 17.0 Å². The molecule has 0 saturated carbocycles. The average Bonchev–Trinajstić information content (AvgIpc) is 3.40. The molecule has 7 heteroatoms. The van der Waals surface area contributed by atoms with Crippen LogP contribution in [-0.2, 0) is 4.74 Å². The summed E-state index contributed by atoms with van der Waals surface area (Å²) >= 11 is 1.47. The van der Waals surface area contributed by atoms with Crippen LogP contribution in [0.15, 0.2) is 42.5 Å². The number of aromatic nitrogens is 1. The third kappa shape index (κ3) is 3.55. The average molecular weight is 398 g/mol. The van der Waals surface area contributed by atoms with Crippen molar-refractivity contribution >= 4 is 32.6 Å². The fourth-order valence-corrected chi connectivity index (χ4v) is 4.39. The molecule has 1 aliphatic rings. The molecule has 0 N–H and O–H groups in total. The highest BCUT2D eigenvalue weighted by Gasteiger charge is 2.28. The van der Waals surface area contributed by atoms with Gasteiger partial charge >= 0.3 is 0 Å². The molecule has 0 spiro atoms. The quantitative estimate of drug-likeness (QED) is 0.625. The summed E-state index contributed by atoms with van der Waals surface area (Å²) in [7, 11) is 3.19. The molecule has 146 valence electrons. The zero-order chi connectivity index (χ0) is 19.5. The number of para-hydroxylation sites is 2. The second-order valence-corrected chi connectivity index (χ2v) is 7.56. The van der Waals surface area contributed by atoms with E-state index in [2.05, 4.69) is 0 Å². The van der Waals surface area contributed by atoms with E-state index in [-0.39, 0.29) is 12.0 Å². The first kappa shape index (κ1) is 18.7. The summed E-state index contributed by atoms with van der Waals surface area (Å²) in [4.78, 5) is 19.9. The van der Waals surface area contributed by atoms with E-state index in [1.807, 2.05) is 30.3 Å². The number of amides is 1. The molecular weight excluding hydrogens is 376 g/mol. The van der Waals surface area contributed by atoms with Crippen LogP contribution < -0.4 is 14.4 Å². The van der Waals surface area contributed by atoms with Gasteiger partial charge in [-0.25, -0.2) is 4.98 Å². The predicted octanol–water partition coefficient (Wildman–Crippen LogP) is 4.14. The monoisotopic (exact) mass is 398 g/mol. The highest BCUT2D eigenvalue weighted by Crippen LogP contribution is 2.35. The Bertz CT molecular complexity index is 981. The van der Waals surface area contributed by atoms with Crippen LogP contribution in [0.4, 0.5) is 5.13 Å². The summed E-state index contributed by atoms with van der Waals surface area (Å²) < 4.78 is 17.6. The standard InChI is InChI=1S/C21H22N2O4S/c1-25-16-9-4-3-8-15(16)20(24)23(13-14-7-6-12-27-14)21-22-19-17(26-2)10-5-11-18(19)28-21/h3-5,8-11,14H,6-7,12-13H2,1-2H3. The van der Waals surface area contributed by atoms with E-state index in [1.165, 1.54) is 11.3 Å². The Hall–Kier alpha value is -2.64. The van der Waals surface area contributed by atoms with Crippen LogP contribution in [0.3, 0.4) is 0 Å². The Morgan fingerprint density at radius 2 is 1.96 bits per heavy atom. The van der Waals surface area contributed by atoms with E-state index in [9.17, 15) is 4.79 Å². The minimum absolute atomic E-state index is 0.00700. The van der Waals surface area contributed by atoms with Gasteiger partial charge in [0.2, 0.25) is 0 Å².